The molecule has 0 amide bonds. The van der Waals surface area contributed by atoms with Crippen LogP contribution in [0.5, 0.6) is 11.5 Å². The first-order chi connectivity index (χ1) is 9.63. The lowest BCUT2D eigenvalue weighted by atomic mass is 10.2. The third-order valence-electron chi connectivity index (χ3n) is 2.88. The molecule has 0 bridgehead atoms. The first kappa shape index (κ1) is 14.3. The van der Waals surface area contributed by atoms with Crippen molar-refractivity contribution in [1.29, 1.82) is 0 Å². The predicted octanol–water partition coefficient (Wildman–Crippen LogP) is 3.01. The summed E-state index contributed by atoms with van der Waals surface area (Å²) in [7, 11) is 1.55. The molecule has 0 aliphatic carbocycles. The van der Waals surface area contributed by atoms with E-state index in [-0.39, 0.29) is 18.7 Å². The molecular formula is C15H15F2NO2. The minimum atomic E-state index is -0.505. The van der Waals surface area contributed by atoms with Gasteiger partial charge in [0.1, 0.15) is 29.7 Å². The van der Waals surface area contributed by atoms with Crippen LogP contribution >= 0.6 is 0 Å². The van der Waals surface area contributed by atoms with Crippen molar-refractivity contribution in [1.82, 2.24) is 0 Å². The van der Waals surface area contributed by atoms with Crippen molar-refractivity contribution in [2.75, 3.05) is 7.11 Å². The molecule has 3 nitrogen and oxygen atoms in total. The van der Waals surface area contributed by atoms with Crippen LogP contribution in [0.2, 0.25) is 0 Å². The molecule has 2 aromatic carbocycles. The second-order valence-corrected chi connectivity index (χ2v) is 4.20. The lowest BCUT2D eigenvalue weighted by Gasteiger charge is -2.12. The molecule has 0 heterocycles. The van der Waals surface area contributed by atoms with Crippen molar-refractivity contribution in [2.45, 2.75) is 13.2 Å². The summed E-state index contributed by atoms with van der Waals surface area (Å²) >= 11 is 0. The van der Waals surface area contributed by atoms with Crippen molar-refractivity contribution in [3.8, 4) is 11.5 Å². The largest absolute Gasteiger partial charge is 0.497 e. The molecule has 2 N–H and O–H groups in total. The molecule has 2 aromatic rings. The number of hydrogen-bond donors (Lipinski definition) is 1. The second kappa shape index (κ2) is 6.34. The normalized spacial score (nSPS) is 10.4. The summed E-state index contributed by atoms with van der Waals surface area (Å²) in [6, 6.07) is 8.41. The van der Waals surface area contributed by atoms with Gasteiger partial charge < -0.3 is 15.2 Å². The van der Waals surface area contributed by atoms with Gasteiger partial charge in [-0.2, -0.15) is 0 Å². The lowest BCUT2D eigenvalue weighted by Crippen LogP contribution is -2.04. The maximum Gasteiger partial charge on any atom is 0.130 e. The van der Waals surface area contributed by atoms with Crippen LogP contribution in [-0.2, 0) is 13.2 Å². The summed E-state index contributed by atoms with van der Waals surface area (Å²) in [4.78, 5) is 0. The Labute approximate surface area is 115 Å². The number of halogens is 2. The van der Waals surface area contributed by atoms with E-state index >= 15 is 0 Å². The molecule has 0 saturated heterocycles. The number of hydrogen-bond acceptors (Lipinski definition) is 3. The van der Waals surface area contributed by atoms with Crippen LogP contribution in [0, 0.1) is 11.6 Å². The van der Waals surface area contributed by atoms with Crippen LogP contribution < -0.4 is 15.2 Å². The molecule has 0 spiro atoms. The fourth-order valence-corrected chi connectivity index (χ4v) is 1.79. The Bertz CT molecular complexity index is 602. The van der Waals surface area contributed by atoms with E-state index < -0.39 is 11.6 Å². The summed E-state index contributed by atoms with van der Waals surface area (Å²) < 4.78 is 37.1. The van der Waals surface area contributed by atoms with E-state index in [0.717, 1.165) is 23.8 Å². The van der Waals surface area contributed by atoms with Gasteiger partial charge in [-0.15, -0.1) is 0 Å². The Morgan fingerprint density at radius 3 is 2.55 bits per heavy atom. The zero-order valence-corrected chi connectivity index (χ0v) is 11.0. The highest BCUT2D eigenvalue weighted by Crippen LogP contribution is 2.25. The van der Waals surface area contributed by atoms with Crippen molar-refractivity contribution < 1.29 is 18.3 Å². The number of nitrogens with two attached hydrogens (primary N) is 1. The van der Waals surface area contributed by atoms with E-state index in [9.17, 15) is 8.78 Å². The Hall–Kier alpha value is -2.14. The Balaban J connectivity index is 2.16. The number of rotatable bonds is 5. The summed E-state index contributed by atoms with van der Waals surface area (Å²) in [6.45, 7) is 0.196. The van der Waals surface area contributed by atoms with E-state index in [2.05, 4.69) is 0 Å². The quantitative estimate of drug-likeness (QED) is 0.915. The van der Waals surface area contributed by atoms with Gasteiger partial charge in [0.25, 0.3) is 0 Å². The molecule has 0 aliphatic rings. The Morgan fingerprint density at radius 2 is 1.85 bits per heavy atom. The minimum absolute atomic E-state index is 0.0665. The highest BCUT2D eigenvalue weighted by atomic mass is 19.1. The first-order valence-electron chi connectivity index (χ1n) is 6.07. The summed E-state index contributed by atoms with van der Waals surface area (Å²) in [5, 5.41) is 0. The van der Waals surface area contributed by atoms with Gasteiger partial charge in [0, 0.05) is 17.7 Å². The van der Waals surface area contributed by atoms with Gasteiger partial charge in [0.15, 0.2) is 0 Å². The highest BCUT2D eigenvalue weighted by molar-refractivity contribution is 5.40. The number of methoxy groups -OCH3 is 1. The molecule has 5 heteroatoms. The molecule has 20 heavy (non-hydrogen) atoms. The van der Waals surface area contributed by atoms with E-state index in [1.165, 1.54) is 0 Å². The SMILES string of the molecule is COc1ccc(OCc2cc(F)ccc2F)c(CN)c1. The van der Waals surface area contributed by atoms with Crippen LogP contribution in [0.3, 0.4) is 0 Å². The molecule has 106 valence electrons. The molecule has 0 aliphatic heterocycles. The summed E-state index contributed by atoms with van der Waals surface area (Å²) in [5.41, 5.74) is 6.52. The van der Waals surface area contributed by atoms with E-state index in [1.807, 2.05) is 0 Å². The van der Waals surface area contributed by atoms with Gasteiger partial charge >= 0.3 is 0 Å². The molecule has 0 radical (unpaired) electrons. The fourth-order valence-electron chi connectivity index (χ4n) is 1.79. The minimum Gasteiger partial charge on any atom is -0.497 e. The highest BCUT2D eigenvalue weighted by Gasteiger charge is 2.08. The van der Waals surface area contributed by atoms with Crippen molar-refractivity contribution in [3.05, 3.63) is 59.2 Å². The molecule has 0 fully saturated rings. The Morgan fingerprint density at radius 1 is 1.05 bits per heavy atom. The standard InChI is InChI=1S/C15H15F2NO2/c1-19-13-3-5-15(10(7-13)8-18)20-9-11-6-12(16)2-4-14(11)17/h2-7H,8-9,18H2,1H3. The summed E-state index contributed by atoms with van der Waals surface area (Å²) in [6.07, 6.45) is 0. The van der Waals surface area contributed by atoms with E-state index in [4.69, 9.17) is 15.2 Å². The average Bonchev–Trinajstić information content (AvgIpc) is 2.48. The Kier molecular flexibility index (Phi) is 4.53. The van der Waals surface area contributed by atoms with Crippen LogP contribution in [0.1, 0.15) is 11.1 Å². The van der Waals surface area contributed by atoms with Crippen molar-refractivity contribution in [3.63, 3.8) is 0 Å². The lowest BCUT2D eigenvalue weighted by molar-refractivity contribution is 0.295. The van der Waals surface area contributed by atoms with E-state index in [1.54, 1.807) is 25.3 Å². The van der Waals surface area contributed by atoms with Gasteiger partial charge in [-0.1, -0.05) is 0 Å². The third kappa shape index (κ3) is 3.24. The molecule has 0 unspecified atom stereocenters. The van der Waals surface area contributed by atoms with Gasteiger partial charge in [-0.05, 0) is 36.4 Å². The molecule has 0 saturated carbocycles. The maximum atomic E-state index is 13.5. The monoisotopic (exact) mass is 279 g/mol. The zero-order valence-electron chi connectivity index (χ0n) is 11.0. The van der Waals surface area contributed by atoms with Crippen LogP contribution in [0.4, 0.5) is 8.78 Å². The van der Waals surface area contributed by atoms with Gasteiger partial charge in [-0.25, -0.2) is 8.78 Å². The predicted molar refractivity (Wildman–Crippen MR) is 71.6 cm³/mol. The smallest absolute Gasteiger partial charge is 0.130 e. The average molecular weight is 279 g/mol. The van der Waals surface area contributed by atoms with Crippen molar-refractivity contribution in [2.24, 2.45) is 5.73 Å². The van der Waals surface area contributed by atoms with Crippen LogP contribution in [0.25, 0.3) is 0 Å². The third-order valence-corrected chi connectivity index (χ3v) is 2.88. The van der Waals surface area contributed by atoms with Crippen molar-refractivity contribution >= 4 is 0 Å². The van der Waals surface area contributed by atoms with Crippen LogP contribution in [0.15, 0.2) is 36.4 Å². The van der Waals surface area contributed by atoms with Gasteiger partial charge in [-0.3, -0.25) is 0 Å². The number of benzene rings is 2. The molecular weight excluding hydrogens is 264 g/mol. The van der Waals surface area contributed by atoms with Gasteiger partial charge in [0.2, 0.25) is 0 Å². The zero-order chi connectivity index (χ0) is 14.5. The topological polar surface area (TPSA) is 44.5 Å². The molecule has 0 aromatic heterocycles. The number of ether oxygens (including phenoxy) is 2. The summed E-state index contributed by atoms with van der Waals surface area (Å²) in [5.74, 6) is 0.180. The maximum absolute atomic E-state index is 13.5. The van der Waals surface area contributed by atoms with Crippen LogP contribution in [-0.4, -0.2) is 7.11 Å². The molecule has 0 atom stereocenters. The molecule has 2 rings (SSSR count). The van der Waals surface area contributed by atoms with E-state index in [0.29, 0.717) is 11.5 Å². The second-order valence-electron chi connectivity index (χ2n) is 4.20. The first-order valence-corrected chi connectivity index (χ1v) is 6.07. The van der Waals surface area contributed by atoms with Gasteiger partial charge in [0.05, 0.1) is 7.11 Å². The fraction of sp³-hybridized carbons (Fsp3) is 0.200.